The smallest absolute Gasteiger partial charge is 0.414 e. The minimum absolute atomic E-state index is 0.0614. The van der Waals surface area contributed by atoms with Crippen LogP contribution in [0.4, 0.5) is 0 Å². The number of hydrogen-bond donors (Lipinski definition) is 2. The predicted octanol–water partition coefficient (Wildman–Crippen LogP) is -1.93. The number of rotatable bonds is 3. The Labute approximate surface area is 123 Å². The molecule has 0 spiro atoms. The lowest BCUT2D eigenvalue weighted by atomic mass is 10.4. The fraction of sp³-hybridized carbons (Fsp3) is 0.778. The van der Waals surface area contributed by atoms with Gasteiger partial charge in [0, 0.05) is 26.2 Å². The first kappa shape index (κ1) is 19.8. The SMILES string of the molecule is CCS(=O)(=O)N1CCN(S(C)(=O)=O)CC1.O=C(O)C(=O)O. The van der Waals surface area contributed by atoms with Gasteiger partial charge in [-0.05, 0) is 6.92 Å². The van der Waals surface area contributed by atoms with Crippen LogP contribution in [0.15, 0.2) is 0 Å². The van der Waals surface area contributed by atoms with Crippen molar-refractivity contribution in [1.82, 2.24) is 8.61 Å². The molecule has 1 heterocycles. The number of carbonyl (C=O) groups is 2. The largest absolute Gasteiger partial charge is 0.473 e. The monoisotopic (exact) mass is 346 g/mol. The molecule has 12 heteroatoms. The minimum atomic E-state index is -3.19. The van der Waals surface area contributed by atoms with E-state index in [-0.39, 0.29) is 31.9 Å². The highest BCUT2D eigenvalue weighted by Crippen LogP contribution is 2.10. The lowest BCUT2D eigenvalue weighted by Crippen LogP contribution is -2.50. The zero-order valence-corrected chi connectivity index (χ0v) is 13.2. The van der Waals surface area contributed by atoms with Crippen LogP contribution < -0.4 is 0 Å². The third kappa shape index (κ3) is 6.84. The van der Waals surface area contributed by atoms with E-state index in [4.69, 9.17) is 19.8 Å². The van der Waals surface area contributed by atoms with E-state index in [2.05, 4.69) is 0 Å². The Kier molecular flexibility index (Phi) is 7.23. The molecule has 1 saturated heterocycles. The number of hydrogen-bond acceptors (Lipinski definition) is 6. The van der Waals surface area contributed by atoms with Crippen LogP contribution in [0.2, 0.25) is 0 Å². The van der Waals surface area contributed by atoms with Gasteiger partial charge < -0.3 is 10.2 Å². The molecule has 0 radical (unpaired) electrons. The molecule has 0 atom stereocenters. The lowest BCUT2D eigenvalue weighted by molar-refractivity contribution is -0.159. The number of aliphatic carboxylic acids is 2. The Morgan fingerprint density at radius 1 is 0.905 bits per heavy atom. The molecule has 1 fully saturated rings. The van der Waals surface area contributed by atoms with Crippen LogP contribution in [0.1, 0.15) is 6.92 Å². The molecule has 0 aromatic heterocycles. The van der Waals surface area contributed by atoms with Gasteiger partial charge in [0.25, 0.3) is 0 Å². The molecule has 1 aliphatic heterocycles. The van der Waals surface area contributed by atoms with Gasteiger partial charge in [0.15, 0.2) is 0 Å². The molecule has 0 aromatic carbocycles. The van der Waals surface area contributed by atoms with Crippen LogP contribution in [0.5, 0.6) is 0 Å². The zero-order valence-electron chi connectivity index (χ0n) is 11.6. The van der Waals surface area contributed by atoms with Gasteiger partial charge in [0.05, 0.1) is 12.0 Å². The summed E-state index contributed by atoms with van der Waals surface area (Å²) >= 11 is 0. The Morgan fingerprint density at radius 2 is 1.24 bits per heavy atom. The lowest BCUT2D eigenvalue weighted by Gasteiger charge is -2.32. The topological polar surface area (TPSA) is 149 Å². The molecule has 0 amide bonds. The van der Waals surface area contributed by atoms with E-state index in [0.29, 0.717) is 0 Å². The van der Waals surface area contributed by atoms with E-state index < -0.39 is 32.0 Å². The molecule has 0 aliphatic carbocycles. The van der Waals surface area contributed by atoms with E-state index >= 15 is 0 Å². The third-order valence-electron chi connectivity index (χ3n) is 2.61. The first-order valence-corrected chi connectivity index (χ1v) is 9.26. The normalized spacial score (nSPS) is 17.6. The maximum atomic E-state index is 11.5. The summed E-state index contributed by atoms with van der Waals surface area (Å²) in [5.41, 5.74) is 0. The second-order valence-corrected chi connectivity index (χ2v) is 8.31. The molecule has 1 rings (SSSR count). The van der Waals surface area contributed by atoms with Gasteiger partial charge in [-0.3, -0.25) is 0 Å². The van der Waals surface area contributed by atoms with Gasteiger partial charge in [-0.15, -0.1) is 0 Å². The third-order valence-corrected chi connectivity index (χ3v) is 5.79. The number of piperazine rings is 1. The van der Waals surface area contributed by atoms with E-state index in [9.17, 15) is 16.8 Å². The number of carboxylic acid groups (broad SMARTS) is 2. The van der Waals surface area contributed by atoms with Crippen molar-refractivity contribution < 1.29 is 36.6 Å². The second-order valence-electron chi connectivity index (χ2n) is 4.07. The average molecular weight is 346 g/mol. The van der Waals surface area contributed by atoms with Crippen molar-refractivity contribution in [3.63, 3.8) is 0 Å². The standard InChI is InChI=1S/C7H16N2O4S2.C2H2O4/c1-3-15(12,13)9-6-4-8(5-7-9)14(2,10)11;3-1(4)2(5)6/h3-7H2,1-2H3;(H,3,4)(H,5,6). The highest BCUT2D eigenvalue weighted by Gasteiger charge is 2.28. The van der Waals surface area contributed by atoms with E-state index in [1.165, 1.54) is 8.61 Å². The van der Waals surface area contributed by atoms with Crippen LogP contribution in [-0.2, 0) is 29.6 Å². The van der Waals surface area contributed by atoms with Gasteiger partial charge in [-0.25, -0.2) is 26.4 Å². The van der Waals surface area contributed by atoms with Crippen molar-refractivity contribution in [1.29, 1.82) is 0 Å². The van der Waals surface area contributed by atoms with E-state index in [1.807, 2.05) is 0 Å². The fourth-order valence-electron chi connectivity index (χ4n) is 1.46. The molecule has 124 valence electrons. The van der Waals surface area contributed by atoms with Crippen molar-refractivity contribution in [2.45, 2.75) is 6.92 Å². The minimum Gasteiger partial charge on any atom is -0.473 e. The van der Waals surface area contributed by atoms with Crippen molar-refractivity contribution in [3.8, 4) is 0 Å². The Balaban J connectivity index is 0.000000567. The Bertz CT molecular complexity index is 563. The molecule has 0 aromatic rings. The van der Waals surface area contributed by atoms with Gasteiger partial charge in [-0.2, -0.15) is 8.61 Å². The molecule has 0 bridgehead atoms. The van der Waals surface area contributed by atoms with Crippen molar-refractivity contribution >= 4 is 32.0 Å². The Morgan fingerprint density at radius 3 is 1.48 bits per heavy atom. The molecule has 0 saturated carbocycles. The molecule has 1 aliphatic rings. The highest BCUT2D eigenvalue weighted by atomic mass is 32.2. The fourth-order valence-corrected chi connectivity index (χ4v) is 3.37. The molecular formula is C9H18N2O8S2. The van der Waals surface area contributed by atoms with E-state index in [1.54, 1.807) is 6.92 Å². The number of nitrogens with zero attached hydrogens (tertiary/aromatic N) is 2. The molecule has 10 nitrogen and oxygen atoms in total. The van der Waals surface area contributed by atoms with Crippen LogP contribution >= 0.6 is 0 Å². The van der Waals surface area contributed by atoms with Crippen molar-refractivity contribution in [2.24, 2.45) is 0 Å². The van der Waals surface area contributed by atoms with Crippen LogP contribution in [0.25, 0.3) is 0 Å². The summed E-state index contributed by atoms with van der Waals surface area (Å²) in [4.78, 5) is 18.2. The number of sulfonamides is 2. The Hall–Kier alpha value is -1.24. The first-order chi connectivity index (χ1) is 9.41. The second kappa shape index (κ2) is 7.68. The summed E-state index contributed by atoms with van der Waals surface area (Å²) in [6.45, 7) is 2.58. The predicted molar refractivity (Wildman–Crippen MR) is 72.7 cm³/mol. The summed E-state index contributed by atoms with van der Waals surface area (Å²) in [6, 6.07) is 0. The van der Waals surface area contributed by atoms with Crippen LogP contribution in [0, 0.1) is 0 Å². The van der Waals surface area contributed by atoms with Crippen LogP contribution in [-0.4, -0.2) is 85.8 Å². The highest BCUT2D eigenvalue weighted by molar-refractivity contribution is 7.89. The molecular weight excluding hydrogens is 328 g/mol. The van der Waals surface area contributed by atoms with Crippen LogP contribution in [0.3, 0.4) is 0 Å². The van der Waals surface area contributed by atoms with Gasteiger partial charge in [0.2, 0.25) is 20.0 Å². The van der Waals surface area contributed by atoms with Crippen molar-refractivity contribution in [2.75, 3.05) is 38.2 Å². The van der Waals surface area contributed by atoms with E-state index in [0.717, 1.165) is 6.26 Å². The zero-order chi connectivity index (χ0) is 16.8. The maximum absolute atomic E-state index is 11.5. The summed E-state index contributed by atoms with van der Waals surface area (Å²) in [5, 5.41) is 14.8. The maximum Gasteiger partial charge on any atom is 0.414 e. The molecule has 21 heavy (non-hydrogen) atoms. The summed E-state index contributed by atoms with van der Waals surface area (Å²) in [6.07, 6.45) is 1.14. The number of carboxylic acids is 2. The quantitative estimate of drug-likeness (QED) is 0.561. The van der Waals surface area contributed by atoms with Gasteiger partial charge >= 0.3 is 11.9 Å². The molecule has 0 unspecified atom stereocenters. The molecule has 2 N–H and O–H groups in total. The summed E-state index contributed by atoms with van der Waals surface area (Å²) in [7, 11) is -6.37. The van der Waals surface area contributed by atoms with Gasteiger partial charge in [-0.1, -0.05) is 0 Å². The average Bonchev–Trinajstić information content (AvgIpc) is 2.38. The first-order valence-electron chi connectivity index (χ1n) is 5.81. The van der Waals surface area contributed by atoms with Crippen molar-refractivity contribution in [3.05, 3.63) is 0 Å². The summed E-state index contributed by atoms with van der Waals surface area (Å²) < 4.78 is 47.9. The summed E-state index contributed by atoms with van der Waals surface area (Å²) in [5.74, 6) is -3.59. The van der Waals surface area contributed by atoms with Gasteiger partial charge in [0.1, 0.15) is 0 Å².